The molecule has 0 saturated heterocycles. The molecule has 8 nitrogen and oxygen atoms in total. The summed E-state index contributed by atoms with van der Waals surface area (Å²) in [6.07, 6.45) is 17.9. The second-order valence-electron chi connectivity index (χ2n) is 15.0. The number of allylic oxidation sites excluding steroid dienone is 1. The lowest BCUT2D eigenvalue weighted by Crippen LogP contribution is -2.50. The largest absolute Gasteiger partial charge is 0.505 e. The summed E-state index contributed by atoms with van der Waals surface area (Å²) in [7, 11) is 1.56. The van der Waals surface area contributed by atoms with Crippen molar-refractivity contribution in [3.63, 3.8) is 0 Å². The number of hydrogen-bond donors (Lipinski definition) is 5. The molecule has 5 N–H and O–H groups in total. The quantitative estimate of drug-likeness (QED) is 0.113. The Morgan fingerprint density at radius 2 is 1.57 bits per heavy atom. The number of aliphatic hydroxyl groups excluding tert-OH is 3. The number of hydrogen-bond acceptors (Lipinski definition) is 6. The van der Waals surface area contributed by atoms with Gasteiger partial charge in [-0.15, -0.1) is 0 Å². The standard InChI is InChI=1S/C29H50O.C4H6O4.C3H6O.C2H6O2/c1-7-21(19(2)3)9-8-20(4)25-12-13-26-24-11-10-22-18-23(30)14-16-28(22,5)27(24)15-17-29(25,26)6;5-3(6)1-2-4(7)8;1-3-4-2;3-1-2-4/h10,19-21,23-27,30H,7-9,11-18H2,1-6H3;1-2H2,(H,5,6)(H,7,8);3H,1H2,2H3;3-4H,1-2H2/t20-,21-,23+,24+,25-,26+,27+,28+,29-;;;/m1.../s1. The second kappa shape index (κ2) is 20.5. The van der Waals surface area contributed by atoms with E-state index >= 15 is 0 Å². The molecule has 3 fully saturated rings. The van der Waals surface area contributed by atoms with Crippen molar-refractivity contribution in [1.82, 2.24) is 0 Å². The third-order valence-electron chi connectivity index (χ3n) is 12.1. The molecule has 8 heteroatoms. The van der Waals surface area contributed by atoms with Crippen molar-refractivity contribution in [2.45, 2.75) is 131 Å². The van der Waals surface area contributed by atoms with Crippen LogP contribution in [0.5, 0.6) is 0 Å². The van der Waals surface area contributed by atoms with Crippen molar-refractivity contribution < 1.29 is 39.9 Å². The molecule has 4 aliphatic carbocycles. The van der Waals surface area contributed by atoms with E-state index in [0.717, 1.165) is 54.3 Å². The van der Waals surface area contributed by atoms with Crippen LogP contribution in [-0.2, 0) is 14.3 Å². The van der Waals surface area contributed by atoms with Crippen molar-refractivity contribution in [3.8, 4) is 0 Å². The highest BCUT2D eigenvalue weighted by Crippen LogP contribution is 2.67. The Hall–Kier alpha value is -1.90. The van der Waals surface area contributed by atoms with E-state index in [1.807, 2.05) is 0 Å². The molecule has 268 valence electrons. The second-order valence-corrected chi connectivity index (χ2v) is 15.0. The summed E-state index contributed by atoms with van der Waals surface area (Å²) in [5.41, 5.74) is 2.59. The van der Waals surface area contributed by atoms with Crippen LogP contribution in [0.25, 0.3) is 0 Å². The fourth-order valence-electron chi connectivity index (χ4n) is 9.52. The molecule has 0 heterocycles. The highest BCUT2D eigenvalue weighted by molar-refractivity contribution is 5.75. The van der Waals surface area contributed by atoms with Crippen molar-refractivity contribution in [3.05, 3.63) is 24.5 Å². The van der Waals surface area contributed by atoms with Crippen molar-refractivity contribution in [2.75, 3.05) is 20.3 Å². The van der Waals surface area contributed by atoms with E-state index in [-0.39, 0.29) is 32.2 Å². The molecule has 46 heavy (non-hydrogen) atoms. The lowest BCUT2D eigenvalue weighted by Gasteiger charge is -2.58. The first-order chi connectivity index (χ1) is 21.7. The molecular weight excluding hydrogens is 584 g/mol. The molecule has 0 aromatic rings. The molecule has 0 amide bonds. The minimum absolute atomic E-state index is 0.0794. The Bertz CT molecular complexity index is 931. The minimum Gasteiger partial charge on any atom is -0.505 e. The van der Waals surface area contributed by atoms with Crippen LogP contribution in [0.3, 0.4) is 0 Å². The van der Waals surface area contributed by atoms with Crippen LogP contribution < -0.4 is 0 Å². The SMILES string of the molecule is C=COC.CC[C@H](CC[C@@H](C)[C@H]1CC[C@H]2[C@@H]3CC=C4C[C@@H](O)CC[C@]4(C)[C@H]3CC[C@]12C)C(C)C.O=C(O)CCC(=O)O.OCCO. The molecule has 0 bridgehead atoms. The van der Waals surface area contributed by atoms with Crippen LogP contribution in [0.15, 0.2) is 24.5 Å². The number of rotatable bonds is 11. The van der Waals surface area contributed by atoms with E-state index in [0.29, 0.717) is 10.8 Å². The van der Waals surface area contributed by atoms with Crippen LogP contribution in [0.1, 0.15) is 125 Å². The van der Waals surface area contributed by atoms with Gasteiger partial charge in [0.15, 0.2) is 0 Å². The molecule has 4 aliphatic rings. The molecule has 0 aromatic carbocycles. The van der Waals surface area contributed by atoms with Crippen LogP contribution in [-0.4, -0.2) is 63.9 Å². The van der Waals surface area contributed by atoms with E-state index in [2.05, 4.69) is 58.9 Å². The van der Waals surface area contributed by atoms with Gasteiger partial charge in [-0.05, 0) is 110 Å². The maximum absolute atomic E-state index is 10.2. The highest BCUT2D eigenvalue weighted by Gasteiger charge is 2.59. The van der Waals surface area contributed by atoms with E-state index in [9.17, 15) is 14.7 Å². The zero-order valence-corrected chi connectivity index (χ0v) is 30.0. The van der Waals surface area contributed by atoms with Gasteiger partial charge in [-0.25, -0.2) is 0 Å². The predicted molar refractivity (Wildman–Crippen MR) is 184 cm³/mol. The predicted octanol–water partition coefficient (Wildman–Crippen LogP) is 7.71. The maximum atomic E-state index is 10.2. The summed E-state index contributed by atoms with van der Waals surface area (Å²) in [6, 6.07) is 0. The monoisotopic (exact) mass is 652 g/mol. The maximum Gasteiger partial charge on any atom is 0.303 e. The molecular formula is C38H68O8. The number of carboxylic acids is 2. The minimum atomic E-state index is -1.08. The lowest BCUT2D eigenvalue weighted by molar-refractivity contribution is -0.143. The Balaban J connectivity index is 0.000000550. The van der Waals surface area contributed by atoms with Crippen molar-refractivity contribution in [2.24, 2.45) is 52.3 Å². The zero-order valence-electron chi connectivity index (χ0n) is 30.0. The number of fused-ring (bicyclic) bond motifs is 5. The first kappa shape index (κ1) is 42.1. The van der Waals surface area contributed by atoms with Gasteiger partial charge in [0.2, 0.25) is 0 Å². The van der Waals surface area contributed by atoms with Crippen molar-refractivity contribution >= 4 is 11.9 Å². The van der Waals surface area contributed by atoms with E-state index < -0.39 is 11.9 Å². The highest BCUT2D eigenvalue weighted by atomic mass is 16.5. The van der Waals surface area contributed by atoms with Crippen molar-refractivity contribution in [1.29, 1.82) is 0 Å². The third-order valence-corrected chi connectivity index (χ3v) is 12.1. The van der Waals surface area contributed by atoms with Gasteiger partial charge < -0.3 is 30.3 Å². The summed E-state index contributed by atoms with van der Waals surface area (Å²) >= 11 is 0. The Kier molecular flexibility index (Phi) is 18.7. The molecule has 4 rings (SSSR count). The topological polar surface area (TPSA) is 145 Å². The summed E-state index contributed by atoms with van der Waals surface area (Å²) in [5.74, 6) is 4.15. The molecule has 0 spiro atoms. The number of carboxylic acid groups (broad SMARTS) is 2. The Morgan fingerprint density at radius 3 is 2.04 bits per heavy atom. The average molecular weight is 653 g/mol. The van der Waals surface area contributed by atoms with Gasteiger partial charge in [0, 0.05) is 0 Å². The summed E-state index contributed by atoms with van der Waals surface area (Å²) in [5, 5.41) is 41.3. The number of ether oxygens (including phenoxy) is 1. The van der Waals surface area contributed by atoms with Gasteiger partial charge in [0.25, 0.3) is 0 Å². The van der Waals surface area contributed by atoms with Crippen LogP contribution in [0.4, 0.5) is 0 Å². The molecule has 0 unspecified atom stereocenters. The summed E-state index contributed by atoms with van der Waals surface area (Å²) in [4.78, 5) is 19.3. The molecule has 3 saturated carbocycles. The first-order valence-corrected chi connectivity index (χ1v) is 17.8. The number of aliphatic hydroxyl groups is 3. The van der Waals surface area contributed by atoms with Gasteiger partial charge in [-0.3, -0.25) is 9.59 Å². The van der Waals surface area contributed by atoms with Crippen LogP contribution in [0, 0.1) is 52.3 Å². The third kappa shape index (κ3) is 11.7. The number of carbonyl (C=O) groups is 2. The lowest BCUT2D eigenvalue weighted by atomic mass is 9.47. The van der Waals surface area contributed by atoms with E-state index in [4.69, 9.17) is 20.4 Å². The smallest absolute Gasteiger partial charge is 0.303 e. The normalized spacial score (nSPS) is 32.2. The van der Waals surface area contributed by atoms with E-state index in [1.54, 1.807) is 12.7 Å². The number of aliphatic carboxylic acids is 2. The number of methoxy groups -OCH3 is 1. The zero-order chi connectivity index (χ0) is 35.1. The van der Waals surface area contributed by atoms with Gasteiger partial charge in [-0.1, -0.05) is 72.6 Å². The van der Waals surface area contributed by atoms with Crippen LogP contribution in [0.2, 0.25) is 0 Å². The Labute approximate surface area is 279 Å². The fourth-order valence-corrected chi connectivity index (χ4v) is 9.52. The van der Waals surface area contributed by atoms with Gasteiger partial charge >= 0.3 is 11.9 Å². The first-order valence-electron chi connectivity index (χ1n) is 17.8. The molecule has 9 atom stereocenters. The van der Waals surface area contributed by atoms with Gasteiger partial charge in [0.1, 0.15) is 0 Å². The average Bonchev–Trinajstić information content (AvgIpc) is 3.38. The fraction of sp³-hybridized carbons (Fsp3) is 0.842. The van der Waals surface area contributed by atoms with Gasteiger partial charge in [0.05, 0.1) is 45.5 Å². The molecule has 0 aliphatic heterocycles. The molecule has 0 radical (unpaired) electrons. The van der Waals surface area contributed by atoms with Crippen LogP contribution >= 0.6 is 0 Å². The summed E-state index contributed by atoms with van der Waals surface area (Å²) in [6.45, 7) is 18.1. The molecule has 0 aromatic heterocycles. The Morgan fingerprint density at radius 1 is 0.978 bits per heavy atom. The summed E-state index contributed by atoms with van der Waals surface area (Å²) < 4.78 is 4.31. The van der Waals surface area contributed by atoms with Gasteiger partial charge in [-0.2, -0.15) is 0 Å². The van der Waals surface area contributed by atoms with E-state index in [1.165, 1.54) is 64.0 Å².